The first kappa shape index (κ1) is 23.6. The second kappa shape index (κ2) is 9.00. The molecule has 1 saturated heterocycles. The number of phenols is 3. The van der Waals surface area contributed by atoms with Crippen LogP contribution in [0.3, 0.4) is 0 Å². The van der Waals surface area contributed by atoms with Crippen LogP contribution in [0.15, 0.2) is 39.5 Å². The fourth-order valence-electron chi connectivity index (χ4n) is 3.64. The zero-order chi connectivity index (χ0) is 24.7. The number of aliphatic hydroxyl groups excluding tert-OH is 4. The summed E-state index contributed by atoms with van der Waals surface area (Å²) in [5.74, 6) is -2.10. The number of fused-ring (bicyclic) bond motifs is 1. The molecule has 182 valence electrons. The van der Waals surface area contributed by atoms with Crippen molar-refractivity contribution >= 4 is 11.0 Å². The molecule has 2 aromatic carbocycles. The van der Waals surface area contributed by atoms with Crippen molar-refractivity contribution < 1.29 is 54.4 Å². The molecule has 1 aromatic heterocycles. The number of rotatable bonds is 5. The van der Waals surface area contributed by atoms with Crippen LogP contribution in [0.4, 0.5) is 0 Å². The van der Waals surface area contributed by atoms with E-state index in [4.69, 9.17) is 18.6 Å². The summed E-state index contributed by atoms with van der Waals surface area (Å²) in [6.07, 6.45) is -8.20. The summed E-state index contributed by atoms with van der Waals surface area (Å²) in [5.41, 5.74) is -0.542. The van der Waals surface area contributed by atoms with E-state index in [-0.39, 0.29) is 28.2 Å². The lowest BCUT2D eigenvalue weighted by Gasteiger charge is -2.39. The molecule has 1 aliphatic rings. The van der Waals surface area contributed by atoms with Crippen molar-refractivity contribution in [3.63, 3.8) is 0 Å². The predicted octanol–water partition coefficient (Wildman–Crippen LogP) is -0.236. The maximum Gasteiger partial charge on any atom is 0.229 e. The van der Waals surface area contributed by atoms with Gasteiger partial charge in [0.1, 0.15) is 41.1 Å². The van der Waals surface area contributed by atoms with Gasteiger partial charge in [0.05, 0.1) is 13.7 Å². The van der Waals surface area contributed by atoms with Crippen LogP contribution in [-0.4, -0.2) is 80.2 Å². The molecule has 7 N–H and O–H groups in total. The van der Waals surface area contributed by atoms with Crippen molar-refractivity contribution in [2.24, 2.45) is 0 Å². The summed E-state index contributed by atoms with van der Waals surface area (Å²) >= 11 is 0. The summed E-state index contributed by atoms with van der Waals surface area (Å²) in [4.78, 5) is 12.8. The number of hydrogen-bond acceptors (Lipinski definition) is 12. The Kier molecular flexibility index (Phi) is 6.25. The molecule has 0 unspecified atom stereocenters. The molecule has 3 aromatic rings. The number of methoxy groups -OCH3 is 1. The van der Waals surface area contributed by atoms with Gasteiger partial charge in [-0.1, -0.05) is 0 Å². The van der Waals surface area contributed by atoms with Gasteiger partial charge < -0.3 is 54.4 Å². The lowest BCUT2D eigenvalue weighted by molar-refractivity contribution is -0.277. The molecule has 12 heteroatoms. The first-order valence-corrected chi connectivity index (χ1v) is 10.0. The third-order valence-corrected chi connectivity index (χ3v) is 5.47. The van der Waals surface area contributed by atoms with Gasteiger partial charge in [-0.15, -0.1) is 0 Å². The lowest BCUT2D eigenvalue weighted by atomic mass is 9.99. The van der Waals surface area contributed by atoms with E-state index in [0.29, 0.717) is 5.56 Å². The van der Waals surface area contributed by atoms with Crippen LogP contribution in [0.1, 0.15) is 0 Å². The minimum absolute atomic E-state index is 0.0530. The van der Waals surface area contributed by atoms with Crippen molar-refractivity contribution in [1.29, 1.82) is 0 Å². The molecule has 0 saturated carbocycles. The maximum atomic E-state index is 12.8. The molecule has 1 aliphatic heterocycles. The number of hydrogen-bond donors (Lipinski definition) is 7. The van der Waals surface area contributed by atoms with Gasteiger partial charge in [-0.25, -0.2) is 0 Å². The van der Waals surface area contributed by atoms with E-state index in [2.05, 4.69) is 0 Å². The van der Waals surface area contributed by atoms with E-state index in [9.17, 15) is 40.5 Å². The minimum Gasteiger partial charge on any atom is -0.504 e. The molecule has 2 heterocycles. The normalized spacial score (nSPS) is 24.8. The van der Waals surface area contributed by atoms with Crippen LogP contribution in [0.2, 0.25) is 0 Å². The molecule has 5 atom stereocenters. The zero-order valence-corrected chi connectivity index (χ0v) is 17.7. The highest BCUT2D eigenvalue weighted by atomic mass is 16.7. The van der Waals surface area contributed by atoms with Gasteiger partial charge in [0.25, 0.3) is 0 Å². The van der Waals surface area contributed by atoms with E-state index < -0.39 is 60.0 Å². The predicted molar refractivity (Wildman–Crippen MR) is 114 cm³/mol. The smallest absolute Gasteiger partial charge is 0.229 e. The Morgan fingerprint density at radius 2 is 1.71 bits per heavy atom. The second-order valence-electron chi connectivity index (χ2n) is 7.62. The standard InChI is InChI=1S/C22H22O12/c1-31-13-4-8(2-3-9(13)24)12-5-10(25)16-14(32-12)6-11(26)21(18(16)28)34-22-20(30)19(29)17(27)15(7-23)33-22/h2-6,15,17,19-20,22-24,26-30H,7H2,1H3/t15-,17-,19+,20-,22-/m1/s1. The molecule has 0 aliphatic carbocycles. The van der Waals surface area contributed by atoms with E-state index in [1.165, 1.54) is 25.3 Å². The third kappa shape index (κ3) is 3.97. The minimum atomic E-state index is -1.81. The van der Waals surface area contributed by atoms with Crippen LogP contribution in [0.25, 0.3) is 22.3 Å². The van der Waals surface area contributed by atoms with Gasteiger partial charge >= 0.3 is 0 Å². The molecule has 0 bridgehead atoms. The van der Waals surface area contributed by atoms with Crippen LogP contribution in [-0.2, 0) is 4.74 Å². The highest BCUT2D eigenvalue weighted by Crippen LogP contribution is 2.43. The summed E-state index contributed by atoms with van der Waals surface area (Å²) < 4.78 is 21.2. The average molecular weight is 478 g/mol. The van der Waals surface area contributed by atoms with Crippen molar-refractivity contribution in [2.45, 2.75) is 30.7 Å². The van der Waals surface area contributed by atoms with Gasteiger partial charge in [0.2, 0.25) is 12.0 Å². The molecule has 0 amide bonds. The van der Waals surface area contributed by atoms with Crippen LogP contribution >= 0.6 is 0 Å². The molecular weight excluding hydrogens is 456 g/mol. The monoisotopic (exact) mass is 478 g/mol. The van der Waals surface area contributed by atoms with Crippen molar-refractivity contribution in [2.75, 3.05) is 13.7 Å². The van der Waals surface area contributed by atoms with Gasteiger partial charge in [-0.2, -0.15) is 0 Å². The fraction of sp³-hybridized carbons (Fsp3) is 0.318. The number of aliphatic hydroxyl groups is 4. The molecule has 0 radical (unpaired) electrons. The molecule has 12 nitrogen and oxygen atoms in total. The second-order valence-corrected chi connectivity index (χ2v) is 7.62. The Balaban J connectivity index is 1.75. The van der Waals surface area contributed by atoms with E-state index in [1.807, 2.05) is 0 Å². The van der Waals surface area contributed by atoms with Crippen molar-refractivity contribution in [3.8, 4) is 40.1 Å². The van der Waals surface area contributed by atoms with E-state index in [0.717, 1.165) is 12.1 Å². The van der Waals surface area contributed by atoms with Crippen LogP contribution < -0.4 is 14.9 Å². The molecule has 4 rings (SSSR count). The van der Waals surface area contributed by atoms with Gasteiger partial charge in [-0.3, -0.25) is 4.79 Å². The summed E-state index contributed by atoms with van der Waals surface area (Å²) in [6.45, 7) is -0.713. The Bertz CT molecular complexity index is 1270. The molecule has 34 heavy (non-hydrogen) atoms. The summed E-state index contributed by atoms with van der Waals surface area (Å²) in [5, 5.41) is 69.7. The Morgan fingerprint density at radius 1 is 0.971 bits per heavy atom. The highest BCUT2D eigenvalue weighted by Gasteiger charge is 2.45. The number of benzene rings is 2. The first-order chi connectivity index (χ1) is 16.2. The Hall–Kier alpha value is -3.55. The Labute approximate surface area is 191 Å². The number of aromatic hydroxyl groups is 3. The molecular formula is C22H22O12. The largest absolute Gasteiger partial charge is 0.504 e. The maximum absolute atomic E-state index is 12.8. The quantitative estimate of drug-likeness (QED) is 0.254. The van der Waals surface area contributed by atoms with Crippen LogP contribution in [0, 0.1) is 0 Å². The summed E-state index contributed by atoms with van der Waals surface area (Å²) in [6, 6.07) is 6.30. The summed E-state index contributed by atoms with van der Waals surface area (Å²) in [7, 11) is 1.35. The van der Waals surface area contributed by atoms with E-state index in [1.54, 1.807) is 0 Å². The lowest BCUT2D eigenvalue weighted by Crippen LogP contribution is -2.60. The zero-order valence-electron chi connectivity index (χ0n) is 17.7. The van der Waals surface area contributed by atoms with Gasteiger partial charge in [-0.05, 0) is 18.2 Å². The van der Waals surface area contributed by atoms with Gasteiger partial charge in [0, 0.05) is 17.7 Å². The highest BCUT2D eigenvalue weighted by molar-refractivity contribution is 5.89. The molecule has 1 fully saturated rings. The third-order valence-electron chi connectivity index (χ3n) is 5.47. The fourth-order valence-corrected chi connectivity index (χ4v) is 3.64. The van der Waals surface area contributed by atoms with Crippen molar-refractivity contribution in [3.05, 3.63) is 40.6 Å². The number of phenolic OH excluding ortho intramolecular Hbond substituents is 3. The topological polar surface area (TPSA) is 200 Å². The Morgan fingerprint density at radius 3 is 2.38 bits per heavy atom. The van der Waals surface area contributed by atoms with Gasteiger partial charge in [0.15, 0.2) is 28.4 Å². The average Bonchev–Trinajstić information content (AvgIpc) is 2.81. The molecule has 0 spiro atoms. The van der Waals surface area contributed by atoms with Crippen LogP contribution in [0.5, 0.6) is 28.7 Å². The number of ether oxygens (including phenoxy) is 3. The van der Waals surface area contributed by atoms with Crippen molar-refractivity contribution in [1.82, 2.24) is 0 Å². The SMILES string of the molecule is COc1cc(-c2cc(=O)c3c(O)c(O[C@H]4O[C@H](CO)[C@@H](O)[C@H](O)[C@H]4O)c(O)cc3o2)ccc1O. The first-order valence-electron chi connectivity index (χ1n) is 10.0. The van der Waals surface area contributed by atoms with E-state index >= 15 is 0 Å².